The van der Waals surface area contributed by atoms with Crippen LogP contribution in [0, 0.1) is 12.7 Å². The topological polar surface area (TPSA) is 20.2 Å². The molecule has 0 bridgehead atoms. The Hall–Kier alpha value is -1.67. The summed E-state index contributed by atoms with van der Waals surface area (Å²) in [4.78, 5) is 0. The molecule has 1 aliphatic carbocycles. The predicted molar refractivity (Wildman–Crippen MR) is 74.5 cm³/mol. The van der Waals surface area contributed by atoms with Crippen LogP contribution >= 0.6 is 0 Å². The smallest absolute Gasteiger partial charge is 0.131 e. The van der Waals surface area contributed by atoms with E-state index in [1.165, 1.54) is 6.07 Å². The zero-order valence-corrected chi connectivity index (χ0v) is 11.0. The van der Waals surface area contributed by atoms with E-state index in [1.54, 1.807) is 6.07 Å². The minimum Gasteiger partial charge on any atom is -0.388 e. The maximum atomic E-state index is 14.1. The van der Waals surface area contributed by atoms with Crippen LogP contribution in [0.2, 0.25) is 0 Å². The van der Waals surface area contributed by atoms with E-state index in [0.717, 1.165) is 41.5 Å². The molecule has 0 saturated heterocycles. The summed E-state index contributed by atoms with van der Waals surface area (Å²) in [6.07, 6.45) is 2.26. The van der Waals surface area contributed by atoms with Gasteiger partial charge in [-0.05, 0) is 55.0 Å². The second-order valence-corrected chi connectivity index (χ2v) is 5.26. The molecular formula is C17H17FO. The molecule has 2 aromatic rings. The van der Waals surface area contributed by atoms with Gasteiger partial charge in [-0.25, -0.2) is 4.39 Å². The van der Waals surface area contributed by atoms with Gasteiger partial charge < -0.3 is 5.11 Å². The van der Waals surface area contributed by atoms with Crippen LogP contribution in [0.15, 0.2) is 36.4 Å². The highest BCUT2D eigenvalue weighted by atomic mass is 19.1. The van der Waals surface area contributed by atoms with Gasteiger partial charge in [0.05, 0.1) is 6.10 Å². The molecule has 0 aromatic heterocycles. The Balaban J connectivity index is 2.21. The van der Waals surface area contributed by atoms with Crippen molar-refractivity contribution in [3.8, 4) is 11.1 Å². The highest BCUT2D eigenvalue weighted by molar-refractivity contribution is 5.70. The van der Waals surface area contributed by atoms with Crippen molar-refractivity contribution < 1.29 is 9.50 Å². The Morgan fingerprint density at radius 2 is 2.00 bits per heavy atom. The van der Waals surface area contributed by atoms with E-state index in [9.17, 15) is 9.50 Å². The second kappa shape index (κ2) is 4.78. The number of aliphatic hydroxyl groups excluding tert-OH is 1. The highest BCUT2D eigenvalue weighted by Crippen LogP contribution is 2.37. The van der Waals surface area contributed by atoms with E-state index in [1.807, 2.05) is 31.2 Å². The lowest BCUT2D eigenvalue weighted by molar-refractivity contribution is 0.156. The number of hydrogen-bond donors (Lipinski definition) is 1. The molecule has 2 aromatic carbocycles. The molecule has 1 nitrogen and oxygen atoms in total. The number of aryl methyl sites for hydroxylation is 1. The zero-order valence-electron chi connectivity index (χ0n) is 11.0. The molecule has 0 heterocycles. The van der Waals surface area contributed by atoms with Gasteiger partial charge in [-0.2, -0.15) is 0 Å². The summed E-state index contributed by atoms with van der Waals surface area (Å²) in [5.41, 5.74) is 4.68. The third-order valence-corrected chi connectivity index (χ3v) is 3.89. The fraction of sp³-hybridized carbons (Fsp3) is 0.294. The van der Waals surface area contributed by atoms with Gasteiger partial charge in [-0.3, -0.25) is 0 Å². The molecule has 0 fully saturated rings. The number of benzene rings is 2. The SMILES string of the molecule is Cc1ccc(F)c(-c2cccc3c2CCCC3O)c1. The van der Waals surface area contributed by atoms with Gasteiger partial charge in [0.15, 0.2) is 0 Å². The Morgan fingerprint density at radius 1 is 1.16 bits per heavy atom. The van der Waals surface area contributed by atoms with Gasteiger partial charge in [-0.15, -0.1) is 0 Å². The molecule has 0 amide bonds. The van der Waals surface area contributed by atoms with Crippen molar-refractivity contribution in [3.05, 3.63) is 58.9 Å². The van der Waals surface area contributed by atoms with Gasteiger partial charge >= 0.3 is 0 Å². The van der Waals surface area contributed by atoms with Gasteiger partial charge in [-0.1, -0.05) is 29.8 Å². The summed E-state index contributed by atoms with van der Waals surface area (Å²) in [7, 11) is 0. The monoisotopic (exact) mass is 256 g/mol. The van der Waals surface area contributed by atoms with E-state index < -0.39 is 6.10 Å². The second-order valence-electron chi connectivity index (χ2n) is 5.26. The molecule has 2 heteroatoms. The standard InChI is InChI=1S/C17H17FO/c1-11-8-9-16(18)15(10-11)13-4-2-6-14-12(13)5-3-7-17(14)19/h2,4,6,8-10,17,19H,3,5,7H2,1H3. The quantitative estimate of drug-likeness (QED) is 0.811. The first-order chi connectivity index (χ1) is 9.16. The molecular weight excluding hydrogens is 239 g/mol. The molecule has 1 atom stereocenters. The first-order valence-electron chi connectivity index (χ1n) is 6.73. The third-order valence-electron chi connectivity index (χ3n) is 3.89. The summed E-state index contributed by atoms with van der Waals surface area (Å²) in [6.45, 7) is 1.97. The van der Waals surface area contributed by atoms with Crippen molar-refractivity contribution in [1.82, 2.24) is 0 Å². The zero-order chi connectivity index (χ0) is 13.4. The molecule has 1 aliphatic rings. The van der Waals surface area contributed by atoms with Crippen LogP contribution in [0.5, 0.6) is 0 Å². The molecule has 3 rings (SSSR count). The lowest BCUT2D eigenvalue weighted by Gasteiger charge is -2.24. The van der Waals surface area contributed by atoms with E-state index >= 15 is 0 Å². The van der Waals surface area contributed by atoms with Crippen LogP contribution in [-0.4, -0.2) is 5.11 Å². The third kappa shape index (κ3) is 2.17. The normalized spacial score (nSPS) is 18.2. The molecule has 1 unspecified atom stereocenters. The first-order valence-corrected chi connectivity index (χ1v) is 6.73. The average Bonchev–Trinajstić information content (AvgIpc) is 2.42. The molecule has 0 radical (unpaired) electrons. The van der Waals surface area contributed by atoms with Gasteiger partial charge in [0.1, 0.15) is 5.82 Å². The summed E-state index contributed by atoms with van der Waals surface area (Å²) >= 11 is 0. The minimum absolute atomic E-state index is 0.195. The molecule has 0 spiro atoms. The van der Waals surface area contributed by atoms with E-state index in [2.05, 4.69) is 0 Å². The maximum absolute atomic E-state index is 14.1. The fourth-order valence-electron chi connectivity index (χ4n) is 2.92. The van der Waals surface area contributed by atoms with Crippen LogP contribution in [-0.2, 0) is 6.42 Å². The van der Waals surface area contributed by atoms with E-state index in [-0.39, 0.29) is 5.82 Å². The van der Waals surface area contributed by atoms with Crippen LogP contribution in [0.1, 0.15) is 35.6 Å². The Morgan fingerprint density at radius 3 is 2.84 bits per heavy atom. The number of rotatable bonds is 1. The van der Waals surface area contributed by atoms with Crippen LogP contribution in [0.3, 0.4) is 0 Å². The first kappa shape index (κ1) is 12.4. The van der Waals surface area contributed by atoms with Crippen LogP contribution < -0.4 is 0 Å². The Bertz CT molecular complexity index is 619. The van der Waals surface area contributed by atoms with Crippen molar-refractivity contribution in [2.24, 2.45) is 0 Å². The predicted octanol–water partition coefficient (Wildman–Crippen LogP) is 4.17. The van der Waals surface area contributed by atoms with Crippen molar-refractivity contribution in [2.75, 3.05) is 0 Å². The molecule has 98 valence electrons. The van der Waals surface area contributed by atoms with Gasteiger partial charge in [0, 0.05) is 5.56 Å². The number of hydrogen-bond acceptors (Lipinski definition) is 1. The number of aliphatic hydroxyl groups is 1. The summed E-state index contributed by atoms with van der Waals surface area (Å²) in [6, 6.07) is 11.0. The average molecular weight is 256 g/mol. The van der Waals surface area contributed by atoms with E-state index in [4.69, 9.17) is 0 Å². The van der Waals surface area contributed by atoms with Crippen LogP contribution in [0.25, 0.3) is 11.1 Å². The summed E-state index contributed by atoms with van der Waals surface area (Å²) in [5, 5.41) is 10.1. The summed E-state index contributed by atoms with van der Waals surface area (Å²) < 4.78 is 14.1. The number of fused-ring (bicyclic) bond motifs is 1. The van der Waals surface area contributed by atoms with Crippen molar-refractivity contribution >= 4 is 0 Å². The largest absolute Gasteiger partial charge is 0.388 e. The lowest BCUT2D eigenvalue weighted by Crippen LogP contribution is -2.10. The van der Waals surface area contributed by atoms with Gasteiger partial charge in [0.2, 0.25) is 0 Å². The minimum atomic E-state index is -0.406. The summed E-state index contributed by atoms with van der Waals surface area (Å²) in [5.74, 6) is -0.195. The van der Waals surface area contributed by atoms with E-state index in [0.29, 0.717) is 5.56 Å². The van der Waals surface area contributed by atoms with Gasteiger partial charge in [0.25, 0.3) is 0 Å². The molecule has 0 aliphatic heterocycles. The maximum Gasteiger partial charge on any atom is 0.131 e. The molecule has 1 N–H and O–H groups in total. The Kier molecular flexibility index (Phi) is 3.11. The molecule has 19 heavy (non-hydrogen) atoms. The van der Waals surface area contributed by atoms with Crippen molar-refractivity contribution in [1.29, 1.82) is 0 Å². The van der Waals surface area contributed by atoms with Crippen molar-refractivity contribution in [3.63, 3.8) is 0 Å². The highest BCUT2D eigenvalue weighted by Gasteiger charge is 2.21. The van der Waals surface area contributed by atoms with Crippen LogP contribution in [0.4, 0.5) is 4.39 Å². The molecule has 0 saturated carbocycles. The number of halogens is 1. The Labute approximate surface area is 112 Å². The lowest BCUT2D eigenvalue weighted by atomic mass is 9.84. The van der Waals surface area contributed by atoms with Crippen molar-refractivity contribution in [2.45, 2.75) is 32.3 Å². The fourth-order valence-corrected chi connectivity index (χ4v) is 2.92.